The van der Waals surface area contributed by atoms with Gasteiger partial charge in [0.1, 0.15) is 5.82 Å². The minimum Gasteiger partial charge on any atom is -0.322 e. The normalized spacial score (nSPS) is 14.2. The number of sulfonamides is 1. The Kier molecular flexibility index (Phi) is 6.03. The van der Waals surface area contributed by atoms with Crippen molar-refractivity contribution in [2.45, 2.75) is 17.9 Å². The Morgan fingerprint density at radius 1 is 0.968 bits per heavy atom. The Morgan fingerprint density at radius 2 is 1.71 bits per heavy atom. The Hall–Kier alpha value is -2.45. The van der Waals surface area contributed by atoms with E-state index in [-0.39, 0.29) is 22.0 Å². The maximum atomic E-state index is 13.2. The summed E-state index contributed by atoms with van der Waals surface area (Å²) in [5.41, 5.74) is 2.45. The molecule has 0 fully saturated rings. The van der Waals surface area contributed by atoms with E-state index >= 15 is 0 Å². The van der Waals surface area contributed by atoms with Crippen molar-refractivity contribution in [2.75, 3.05) is 11.9 Å². The molecular formula is C22H17Cl2FN2O3S. The average Bonchev–Trinajstić information content (AvgIpc) is 2.73. The molecule has 31 heavy (non-hydrogen) atoms. The molecule has 0 saturated heterocycles. The quantitative estimate of drug-likeness (QED) is 0.564. The molecule has 1 aliphatic heterocycles. The molecular weight excluding hydrogens is 462 g/mol. The van der Waals surface area contributed by atoms with Crippen LogP contribution in [0.15, 0.2) is 65.6 Å². The van der Waals surface area contributed by atoms with Crippen molar-refractivity contribution < 1.29 is 17.6 Å². The van der Waals surface area contributed by atoms with E-state index in [1.807, 2.05) is 6.07 Å². The van der Waals surface area contributed by atoms with E-state index in [9.17, 15) is 17.6 Å². The molecule has 0 radical (unpaired) electrons. The highest BCUT2D eigenvalue weighted by atomic mass is 35.5. The number of fused-ring (bicyclic) bond motifs is 1. The molecule has 9 heteroatoms. The van der Waals surface area contributed by atoms with Crippen LogP contribution in [-0.2, 0) is 23.0 Å². The summed E-state index contributed by atoms with van der Waals surface area (Å²) < 4.78 is 40.6. The van der Waals surface area contributed by atoms with Gasteiger partial charge in [-0.05, 0) is 72.1 Å². The van der Waals surface area contributed by atoms with Gasteiger partial charge in [0.15, 0.2) is 0 Å². The highest BCUT2D eigenvalue weighted by molar-refractivity contribution is 7.89. The number of hydrogen-bond donors (Lipinski definition) is 1. The van der Waals surface area contributed by atoms with Crippen LogP contribution < -0.4 is 5.32 Å². The maximum absolute atomic E-state index is 13.2. The van der Waals surface area contributed by atoms with Gasteiger partial charge < -0.3 is 5.32 Å². The largest absolute Gasteiger partial charge is 0.322 e. The number of anilines is 1. The molecule has 0 aliphatic carbocycles. The second kappa shape index (κ2) is 8.59. The Labute approximate surface area is 189 Å². The summed E-state index contributed by atoms with van der Waals surface area (Å²) >= 11 is 11.8. The fourth-order valence-electron chi connectivity index (χ4n) is 3.44. The van der Waals surface area contributed by atoms with E-state index < -0.39 is 21.7 Å². The molecule has 0 atom stereocenters. The van der Waals surface area contributed by atoms with Gasteiger partial charge in [-0.3, -0.25) is 4.79 Å². The fraction of sp³-hybridized carbons (Fsp3) is 0.136. The number of carbonyl (C=O) groups excluding carboxylic acids is 1. The van der Waals surface area contributed by atoms with Gasteiger partial charge in [0.25, 0.3) is 5.91 Å². The van der Waals surface area contributed by atoms with Gasteiger partial charge in [-0.15, -0.1) is 0 Å². The number of benzene rings is 3. The van der Waals surface area contributed by atoms with Crippen LogP contribution in [0.2, 0.25) is 10.0 Å². The highest BCUT2D eigenvalue weighted by Crippen LogP contribution is 2.28. The van der Waals surface area contributed by atoms with Crippen LogP contribution in [0.5, 0.6) is 0 Å². The third-order valence-corrected chi connectivity index (χ3v) is 7.49. The third kappa shape index (κ3) is 4.60. The number of hydrogen-bond acceptors (Lipinski definition) is 3. The van der Waals surface area contributed by atoms with E-state index in [0.29, 0.717) is 23.7 Å². The van der Waals surface area contributed by atoms with Gasteiger partial charge in [0, 0.05) is 23.8 Å². The molecule has 0 saturated carbocycles. The zero-order chi connectivity index (χ0) is 22.2. The molecule has 5 nitrogen and oxygen atoms in total. The molecule has 1 N–H and O–H groups in total. The van der Waals surface area contributed by atoms with E-state index in [1.165, 1.54) is 22.5 Å². The predicted molar refractivity (Wildman–Crippen MR) is 119 cm³/mol. The van der Waals surface area contributed by atoms with Crippen LogP contribution in [0.3, 0.4) is 0 Å². The zero-order valence-electron chi connectivity index (χ0n) is 16.1. The lowest BCUT2D eigenvalue weighted by molar-refractivity contribution is 0.102. The predicted octanol–water partition coefficient (Wildman–Crippen LogP) is 5.13. The van der Waals surface area contributed by atoms with Crippen molar-refractivity contribution in [2.24, 2.45) is 0 Å². The van der Waals surface area contributed by atoms with Crippen molar-refractivity contribution in [3.05, 3.63) is 93.2 Å². The lowest BCUT2D eigenvalue weighted by Gasteiger charge is -2.28. The van der Waals surface area contributed by atoms with Crippen molar-refractivity contribution in [3.8, 4) is 0 Å². The minimum absolute atomic E-state index is 0.00990. The smallest absolute Gasteiger partial charge is 0.257 e. The molecule has 3 aromatic carbocycles. The van der Waals surface area contributed by atoms with Gasteiger partial charge in [-0.25, -0.2) is 12.8 Å². The summed E-state index contributed by atoms with van der Waals surface area (Å²) in [6.07, 6.45) is 0.556. The second-order valence-electron chi connectivity index (χ2n) is 7.10. The Morgan fingerprint density at radius 3 is 2.42 bits per heavy atom. The molecule has 3 aromatic rings. The van der Waals surface area contributed by atoms with E-state index in [2.05, 4.69) is 5.32 Å². The number of rotatable bonds is 4. The van der Waals surface area contributed by atoms with Crippen molar-refractivity contribution in [1.29, 1.82) is 0 Å². The first-order valence-electron chi connectivity index (χ1n) is 9.38. The number of amides is 1. The molecule has 0 spiro atoms. The first-order valence-corrected chi connectivity index (χ1v) is 11.6. The number of carbonyl (C=O) groups is 1. The molecule has 0 aromatic heterocycles. The van der Waals surface area contributed by atoms with Crippen molar-refractivity contribution in [1.82, 2.24) is 4.31 Å². The zero-order valence-corrected chi connectivity index (χ0v) is 18.4. The third-order valence-electron chi connectivity index (χ3n) is 5.07. The van der Waals surface area contributed by atoms with Crippen LogP contribution in [0, 0.1) is 5.82 Å². The Balaban J connectivity index is 1.55. The molecule has 1 heterocycles. The second-order valence-corrected chi connectivity index (χ2v) is 9.89. The van der Waals surface area contributed by atoms with Crippen molar-refractivity contribution >= 4 is 44.8 Å². The van der Waals surface area contributed by atoms with Gasteiger partial charge in [-0.1, -0.05) is 29.3 Å². The maximum Gasteiger partial charge on any atom is 0.257 e. The van der Waals surface area contributed by atoms with E-state index in [0.717, 1.165) is 23.3 Å². The first kappa shape index (κ1) is 21.8. The summed E-state index contributed by atoms with van der Waals surface area (Å²) in [6, 6.07) is 14.9. The minimum atomic E-state index is -3.68. The topological polar surface area (TPSA) is 66.5 Å². The lowest BCUT2D eigenvalue weighted by Crippen LogP contribution is -2.36. The van der Waals surface area contributed by atoms with Gasteiger partial charge in [0.05, 0.1) is 15.5 Å². The standard InChI is InChI=1S/C22H17Cl2FN2O3S/c23-16-2-6-19(7-3-16)31(29,30)27-10-9-14-1-5-18(11-15(14)13-27)26-22(28)20-8-4-17(25)12-21(20)24/h1-8,11-12H,9-10,13H2,(H,26,28). The van der Waals surface area contributed by atoms with Crippen LogP contribution in [0.1, 0.15) is 21.5 Å². The van der Waals surface area contributed by atoms with Crippen LogP contribution in [0.25, 0.3) is 0 Å². The molecule has 0 unspecified atom stereocenters. The lowest BCUT2D eigenvalue weighted by atomic mass is 10.0. The summed E-state index contributed by atoms with van der Waals surface area (Å²) in [4.78, 5) is 12.7. The monoisotopic (exact) mass is 478 g/mol. The van der Waals surface area contributed by atoms with Gasteiger partial charge >= 0.3 is 0 Å². The van der Waals surface area contributed by atoms with Gasteiger partial charge in [0.2, 0.25) is 10.0 Å². The van der Waals surface area contributed by atoms with Gasteiger partial charge in [-0.2, -0.15) is 4.31 Å². The van der Waals surface area contributed by atoms with Crippen LogP contribution in [-0.4, -0.2) is 25.2 Å². The summed E-state index contributed by atoms with van der Waals surface area (Å²) in [5, 5.41) is 3.20. The molecule has 4 rings (SSSR count). The summed E-state index contributed by atoms with van der Waals surface area (Å²) in [7, 11) is -3.68. The van der Waals surface area contributed by atoms with E-state index in [4.69, 9.17) is 23.2 Å². The number of nitrogens with one attached hydrogen (secondary N) is 1. The Bertz CT molecular complexity index is 1260. The summed E-state index contributed by atoms with van der Waals surface area (Å²) in [5.74, 6) is -1.01. The molecule has 160 valence electrons. The first-order chi connectivity index (χ1) is 14.7. The summed E-state index contributed by atoms with van der Waals surface area (Å²) in [6.45, 7) is 0.538. The SMILES string of the molecule is O=C(Nc1ccc2c(c1)CN(S(=O)(=O)c1ccc(Cl)cc1)CC2)c1ccc(F)cc1Cl. The molecule has 1 amide bonds. The number of nitrogens with zero attached hydrogens (tertiary/aromatic N) is 1. The van der Waals surface area contributed by atoms with Crippen LogP contribution >= 0.6 is 23.2 Å². The average molecular weight is 479 g/mol. The van der Waals surface area contributed by atoms with E-state index in [1.54, 1.807) is 24.3 Å². The molecule has 1 aliphatic rings. The molecule has 0 bridgehead atoms. The van der Waals surface area contributed by atoms with Crippen molar-refractivity contribution in [3.63, 3.8) is 0 Å². The highest BCUT2D eigenvalue weighted by Gasteiger charge is 2.28. The van der Waals surface area contributed by atoms with Crippen LogP contribution in [0.4, 0.5) is 10.1 Å². The fourth-order valence-corrected chi connectivity index (χ4v) is 5.24. The number of halogens is 3.